The SMILES string of the molecule is COc1ccc2cc(NCC(N)=O)ccc2c1. The van der Waals surface area contributed by atoms with Gasteiger partial charge >= 0.3 is 0 Å². The maximum absolute atomic E-state index is 10.7. The van der Waals surface area contributed by atoms with Gasteiger partial charge in [-0.3, -0.25) is 4.79 Å². The molecular formula is C13H14N2O2. The monoisotopic (exact) mass is 230 g/mol. The van der Waals surface area contributed by atoms with E-state index in [1.54, 1.807) is 7.11 Å². The first kappa shape index (κ1) is 11.3. The lowest BCUT2D eigenvalue weighted by Crippen LogP contribution is -2.21. The molecule has 17 heavy (non-hydrogen) atoms. The summed E-state index contributed by atoms with van der Waals surface area (Å²) >= 11 is 0. The molecule has 0 aliphatic heterocycles. The van der Waals surface area contributed by atoms with Crippen molar-refractivity contribution in [3.63, 3.8) is 0 Å². The van der Waals surface area contributed by atoms with Crippen LogP contribution in [0.25, 0.3) is 10.8 Å². The number of primary amides is 1. The molecule has 88 valence electrons. The van der Waals surface area contributed by atoms with Crippen molar-refractivity contribution in [2.24, 2.45) is 5.73 Å². The van der Waals surface area contributed by atoms with Crippen LogP contribution in [0.2, 0.25) is 0 Å². The molecule has 0 bridgehead atoms. The second-order valence-corrected chi connectivity index (χ2v) is 3.75. The topological polar surface area (TPSA) is 64.3 Å². The van der Waals surface area contributed by atoms with Gasteiger partial charge in [-0.15, -0.1) is 0 Å². The Kier molecular flexibility index (Phi) is 3.14. The van der Waals surface area contributed by atoms with Crippen LogP contribution in [0.3, 0.4) is 0 Å². The standard InChI is InChI=1S/C13H14N2O2/c1-17-12-5-3-9-6-11(15-8-13(14)16)4-2-10(9)7-12/h2-7,15H,8H2,1H3,(H2,14,16). The van der Waals surface area contributed by atoms with Crippen LogP contribution in [0.5, 0.6) is 5.75 Å². The Hall–Kier alpha value is -2.23. The quantitative estimate of drug-likeness (QED) is 0.841. The molecule has 0 radical (unpaired) electrons. The van der Waals surface area contributed by atoms with Gasteiger partial charge in [-0.2, -0.15) is 0 Å². The van der Waals surface area contributed by atoms with Gasteiger partial charge in [0.15, 0.2) is 0 Å². The van der Waals surface area contributed by atoms with Crippen LogP contribution in [0, 0.1) is 0 Å². The van der Waals surface area contributed by atoms with Crippen LogP contribution in [0.4, 0.5) is 5.69 Å². The zero-order valence-corrected chi connectivity index (χ0v) is 9.57. The van der Waals surface area contributed by atoms with Gasteiger partial charge in [0.1, 0.15) is 5.75 Å². The molecule has 0 heterocycles. The van der Waals surface area contributed by atoms with E-state index in [2.05, 4.69) is 5.32 Å². The largest absolute Gasteiger partial charge is 0.497 e. The van der Waals surface area contributed by atoms with E-state index in [0.717, 1.165) is 22.2 Å². The number of carbonyl (C=O) groups excluding carboxylic acids is 1. The number of benzene rings is 2. The number of ether oxygens (including phenoxy) is 1. The second-order valence-electron chi connectivity index (χ2n) is 3.75. The predicted molar refractivity (Wildman–Crippen MR) is 68.2 cm³/mol. The van der Waals surface area contributed by atoms with Gasteiger partial charge in [0.2, 0.25) is 5.91 Å². The highest BCUT2D eigenvalue weighted by molar-refractivity contribution is 5.87. The molecule has 2 rings (SSSR count). The number of hydrogen-bond donors (Lipinski definition) is 2. The van der Waals surface area contributed by atoms with E-state index in [1.807, 2.05) is 36.4 Å². The summed E-state index contributed by atoms with van der Waals surface area (Å²) in [6.07, 6.45) is 0. The fourth-order valence-electron chi connectivity index (χ4n) is 1.65. The lowest BCUT2D eigenvalue weighted by molar-refractivity contribution is -0.116. The summed E-state index contributed by atoms with van der Waals surface area (Å²) in [7, 11) is 1.64. The summed E-state index contributed by atoms with van der Waals surface area (Å²) in [5.41, 5.74) is 5.95. The van der Waals surface area contributed by atoms with Gasteiger partial charge in [-0.1, -0.05) is 12.1 Å². The highest BCUT2D eigenvalue weighted by Crippen LogP contribution is 2.23. The number of amides is 1. The Balaban J connectivity index is 2.28. The third-order valence-corrected chi connectivity index (χ3v) is 2.51. The van der Waals surface area contributed by atoms with E-state index < -0.39 is 0 Å². The van der Waals surface area contributed by atoms with Crippen molar-refractivity contribution in [3.05, 3.63) is 36.4 Å². The highest BCUT2D eigenvalue weighted by Gasteiger charge is 1.99. The van der Waals surface area contributed by atoms with Gasteiger partial charge in [0.25, 0.3) is 0 Å². The molecule has 0 aliphatic rings. The molecule has 2 aromatic rings. The predicted octanol–water partition coefficient (Wildman–Crippen LogP) is 1.75. The molecule has 0 fully saturated rings. The molecule has 0 unspecified atom stereocenters. The average molecular weight is 230 g/mol. The molecule has 0 spiro atoms. The Bertz CT molecular complexity index is 552. The molecule has 4 nitrogen and oxygen atoms in total. The second kappa shape index (κ2) is 4.74. The third kappa shape index (κ3) is 2.66. The number of nitrogens with two attached hydrogens (primary N) is 1. The molecule has 0 aromatic heterocycles. The Morgan fingerprint density at radius 3 is 2.65 bits per heavy atom. The van der Waals surface area contributed by atoms with Crippen LogP contribution in [0.15, 0.2) is 36.4 Å². The fraction of sp³-hybridized carbons (Fsp3) is 0.154. The van der Waals surface area contributed by atoms with Gasteiger partial charge in [0.05, 0.1) is 13.7 Å². The first-order valence-electron chi connectivity index (χ1n) is 5.29. The first-order valence-corrected chi connectivity index (χ1v) is 5.29. The molecule has 3 N–H and O–H groups in total. The number of rotatable bonds is 4. The van der Waals surface area contributed by atoms with Gasteiger partial charge in [-0.05, 0) is 35.0 Å². The molecular weight excluding hydrogens is 216 g/mol. The summed E-state index contributed by atoms with van der Waals surface area (Å²) in [5, 5.41) is 5.13. The van der Waals surface area contributed by atoms with Gasteiger partial charge in [-0.25, -0.2) is 0 Å². The lowest BCUT2D eigenvalue weighted by Gasteiger charge is -2.06. The number of nitrogens with one attached hydrogen (secondary N) is 1. The third-order valence-electron chi connectivity index (χ3n) is 2.51. The number of methoxy groups -OCH3 is 1. The van der Waals surface area contributed by atoms with E-state index in [9.17, 15) is 4.79 Å². The maximum atomic E-state index is 10.7. The number of fused-ring (bicyclic) bond motifs is 1. The van der Waals surface area contributed by atoms with Crippen molar-refractivity contribution in [3.8, 4) is 5.75 Å². The minimum atomic E-state index is -0.375. The van der Waals surface area contributed by atoms with Crippen molar-refractivity contribution < 1.29 is 9.53 Å². The lowest BCUT2D eigenvalue weighted by atomic mass is 10.1. The Labute approximate surface area is 99.4 Å². The Morgan fingerprint density at radius 1 is 1.24 bits per heavy atom. The van der Waals surface area contributed by atoms with Gasteiger partial charge < -0.3 is 15.8 Å². The normalized spacial score (nSPS) is 10.2. The van der Waals surface area contributed by atoms with Crippen molar-refractivity contribution >= 4 is 22.4 Å². The van der Waals surface area contributed by atoms with E-state index >= 15 is 0 Å². The van der Waals surface area contributed by atoms with Crippen LogP contribution < -0.4 is 15.8 Å². The zero-order chi connectivity index (χ0) is 12.3. The maximum Gasteiger partial charge on any atom is 0.236 e. The van der Waals surface area contributed by atoms with Crippen LogP contribution in [0.1, 0.15) is 0 Å². The van der Waals surface area contributed by atoms with Crippen molar-refractivity contribution in [2.75, 3.05) is 19.0 Å². The van der Waals surface area contributed by atoms with Crippen molar-refractivity contribution in [1.82, 2.24) is 0 Å². The first-order chi connectivity index (χ1) is 8.19. The van der Waals surface area contributed by atoms with Gasteiger partial charge in [0, 0.05) is 5.69 Å². The van der Waals surface area contributed by atoms with Crippen molar-refractivity contribution in [2.45, 2.75) is 0 Å². The van der Waals surface area contributed by atoms with E-state index in [-0.39, 0.29) is 12.5 Å². The number of anilines is 1. The summed E-state index contributed by atoms with van der Waals surface area (Å²) < 4.78 is 5.15. The molecule has 4 heteroatoms. The minimum Gasteiger partial charge on any atom is -0.497 e. The zero-order valence-electron chi connectivity index (χ0n) is 9.57. The van der Waals surface area contributed by atoms with Crippen LogP contribution >= 0.6 is 0 Å². The summed E-state index contributed by atoms with van der Waals surface area (Å²) in [4.78, 5) is 10.7. The van der Waals surface area contributed by atoms with E-state index in [0.29, 0.717) is 0 Å². The summed E-state index contributed by atoms with van der Waals surface area (Å²) in [6, 6.07) is 11.7. The minimum absolute atomic E-state index is 0.141. The van der Waals surface area contributed by atoms with E-state index in [4.69, 9.17) is 10.5 Å². The van der Waals surface area contributed by atoms with Crippen molar-refractivity contribution in [1.29, 1.82) is 0 Å². The fourth-order valence-corrected chi connectivity index (χ4v) is 1.65. The van der Waals surface area contributed by atoms with Crippen LogP contribution in [-0.2, 0) is 4.79 Å². The summed E-state index contributed by atoms with van der Waals surface area (Å²) in [6.45, 7) is 0.141. The van der Waals surface area contributed by atoms with Crippen LogP contribution in [-0.4, -0.2) is 19.6 Å². The van der Waals surface area contributed by atoms with E-state index in [1.165, 1.54) is 0 Å². The Morgan fingerprint density at radius 2 is 1.94 bits per heavy atom. The molecule has 0 saturated carbocycles. The molecule has 0 saturated heterocycles. The summed E-state index contributed by atoms with van der Waals surface area (Å²) in [5.74, 6) is 0.454. The smallest absolute Gasteiger partial charge is 0.236 e. The molecule has 0 aliphatic carbocycles. The number of hydrogen-bond acceptors (Lipinski definition) is 3. The molecule has 2 aromatic carbocycles. The average Bonchev–Trinajstić information content (AvgIpc) is 2.35. The highest BCUT2D eigenvalue weighted by atomic mass is 16.5. The number of carbonyl (C=O) groups is 1. The molecule has 1 amide bonds. The molecule has 0 atom stereocenters.